The van der Waals surface area contributed by atoms with Gasteiger partial charge in [-0.15, -0.1) is 5.23 Å². The molecule has 3 nitrogen and oxygen atoms in total. The lowest BCUT2D eigenvalue weighted by atomic mass is 10.2. The number of para-hydroxylation sites is 1. The van der Waals surface area contributed by atoms with E-state index >= 15 is 0 Å². The second kappa shape index (κ2) is 2.68. The molecule has 0 aromatic heterocycles. The number of benzene rings is 1. The lowest BCUT2D eigenvalue weighted by Crippen LogP contribution is -2.11. The first-order valence-corrected chi connectivity index (χ1v) is 2.95. The van der Waals surface area contributed by atoms with Gasteiger partial charge in [0, 0.05) is 0 Å². The highest BCUT2D eigenvalue weighted by Gasteiger charge is 1.99. The van der Waals surface area contributed by atoms with Gasteiger partial charge in [-0.2, -0.15) is 0 Å². The maximum Gasteiger partial charge on any atom is 0.0971 e. The fraction of sp³-hybridized carbons (Fsp3) is 0.143. The standard InChI is InChI=1S/C7H9NO2/c1-6-4-2-3-5-7(6)8(9)10/h2-5,9-10H,1H3. The smallest absolute Gasteiger partial charge is 0.0971 e. The Balaban J connectivity index is 3.03. The Hall–Kier alpha value is -1.06. The molecule has 0 saturated carbocycles. The molecule has 0 atom stereocenters. The highest BCUT2D eigenvalue weighted by molar-refractivity contribution is 5.48. The Morgan fingerprint density at radius 1 is 1.20 bits per heavy atom. The topological polar surface area (TPSA) is 43.7 Å². The van der Waals surface area contributed by atoms with Crippen molar-refractivity contribution >= 4 is 5.69 Å². The van der Waals surface area contributed by atoms with Crippen molar-refractivity contribution in [1.82, 2.24) is 0 Å². The molecule has 54 valence electrons. The third-order valence-corrected chi connectivity index (χ3v) is 1.33. The van der Waals surface area contributed by atoms with Crippen LogP contribution in [0.2, 0.25) is 0 Å². The zero-order chi connectivity index (χ0) is 7.56. The lowest BCUT2D eigenvalue weighted by Gasteiger charge is -2.09. The Morgan fingerprint density at radius 2 is 1.80 bits per heavy atom. The van der Waals surface area contributed by atoms with Crippen LogP contribution in [0.4, 0.5) is 5.69 Å². The lowest BCUT2D eigenvalue weighted by molar-refractivity contribution is 0.0288. The molecule has 2 N–H and O–H groups in total. The van der Waals surface area contributed by atoms with Crippen LogP contribution in [0.3, 0.4) is 0 Å². The molecule has 0 radical (unpaired) electrons. The van der Waals surface area contributed by atoms with Crippen LogP contribution in [-0.2, 0) is 0 Å². The van der Waals surface area contributed by atoms with E-state index in [0.29, 0.717) is 5.69 Å². The predicted octanol–water partition coefficient (Wildman–Crippen LogP) is 1.58. The first-order valence-electron chi connectivity index (χ1n) is 2.95. The van der Waals surface area contributed by atoms with Crippen molar-refractivity contribution in [2.24, 2.45) is 0 Å². The molecule has 10 heavy (non-hydrogen) atoms. The summed E-state index contributed by atoms with van der Waals surface area (Å²) < 4.78 is 0. The monoisotopic (exact) mass is 139 g/mol. The van der Waals surface area contributed by atoms with Crippen LogP contribution in [0, 0.1) is 6.92 Å². The van der Waals surface area contributed by atoms with E-state index in [1.165, 1.54) is 0 Å². The van der Waals surface area contributed by atoms with E-state index in [0.717, 1.165) is 5.56 Å². The van der Waals surface area contributed by atoms with Crippen molar-refractivity contribution in [3.63, 3.8) is 0 Å². The summed E-state index contributed by atoms with van der Waals surface area (Å²) in [7, 11) is 0. The molecule has 0 bridgehead atoms. The van der Waals surface area contributed by atoms with Gasteiger partial charge in [-0.05, 0) is 18.6 Å². The average Bonchev–Trinajstić information content (AvgIpc) is 1.88. The van der Waals surface area contributed by atoms with Gasteiger partial charge < -0.3 is 0 Å². The summed E-state index contributed by atoms with van der Waals surface area (Å²) in [5.41, 5.74) is 1.23. The Bertz CT molecular complexity index is 223. The molecular weight excluding hydrogens is 130 g/mol. The maximum atomic E-state index is 8.59. The molecule has 1 aromatic rings. The van der Waals surface area contributed by atoms with E-state index in [9.17, 15) is 0 Å². The third kappa shape index (κ3) is 1.26. The molecule has 0 spiro atoms. The summed E-state index contributed by atoms with van der Waals surface area (Å²) in [6.45, 7) is 1.80. The molecule has 0 amide bonds. The number of nitrogens with zero attached hydrogens (tertiary/aromatic N) is 1. The SMILES string of the molecule is Cc1ccccc1N(O)O. The summed E-state index contributed by atoms with van der Waals surface area (Å²) >= 11 is 0. The first kappa shape index (κ1) is 7.05. The van der Waals surface area contributed by atoms with Gasteiger partial charge in [-0.3, -0.25) is 10.4 Å². The van der Waals surface area contributed by atoms with E-state index in [2.05, 4.69) is 0 Å². The van der Waals surface area contributed by atoms with Crippen LogP contribution < -0.4 is 5.23 Å². The number of hydrogen-bond acceptors (Lipinski definition) is 3. The van der Waals surface area contributed by atoms with Crippen LogP contribution in [0.25, 0.3) is 0 Å². The zero-order valence-electron chi connectivity index (χ0n) is 5.65. The van der Waals surface area contributed by atoms with E-state index < -0.39 is 0 Å². The van der Waals surface area contributed by atoms with Crippen LogP contribution >= 0.6 is 0 Å². The van der Waals surface area contributed by atoms with E-state index in [1.807, 2.05) is 6.07 Å². The van der Waals surface area contributed by atoms with Crippen molar-refractivity contribution in [2.45, 2.75) is 6.92 Å². The molecular formula is C7H9NO2. The molecule has 0 saturated heterocycles. The van der Waals surface area contributed by atoms with Crippen molar-refractivity contribution in [3.8, 4) is 0 Å². The molecule has 1 aromatic carbocycles. The Labute approximate surface area is 59.1 Å². The van der Waals surface area contributed by atoms with Gasteiger partial charge in [0.2, 0.25) is 0 Å². The number of hydrogen-bond donors (Lipinski definition) is 2. The third-order valence-electron chi connectivity index (χ3n) is 1.33. The van der Waals surface area contributed by atoms with Crippen molar-refractivity contribution in [1.29, 1.82) is 0 Å². The summed E-state index contributed by atoms with van der Waals surface area (Å²) in [5, 5.41) is 17.3. The molecule has 0 aliphatic rings. The van der Waals surface area contributed by atoms with E-state index in [-0.39, 0.29) is 5.23 Å². The summed E-state index contributed by atoms with van der Waals surface area (Å²) in [6, 6.07) is 6.99. The van der Waals surface area contributed by atoms with Gasteiger partial charge >= 0.3 is 0 Å². The molecule has 0 unspecified atom stereocenters. The quantitative estimate of drug-likeness (QED) is 0.580. The summed E-state index contributed by atoms with van der Waals surface area (Å²) in [4.78, 5) is 0. The highest BCUT2D eigenvalue weighted by atomic mass is 16.8. The molecule has 1 rings (SSSR count). The predicted molar refractivity (Wildman–Crippen MR) is 37.2 cm³/mol. The van der Waals surface area contributed by atoms with Crippen LogP contribution in [-0.4, -0.2) is 10.4 Å². The highest BCUT2D eigenvalue weighted by Crippen LogP contribution is 2.14. The van der Waals surface area contributed by atoms with E-state index in [4.69, 9.17) is 10.4 Å². The number of rotatable bonds is 1. The van der Waals surface area contributed by atoms with Gasteiger partial charge in [0.15, 0.2) is 0 Å². The molecule has 0 aliphatic carbocycles. The van der Waals surface area contributed by atoms with Crippen LogP contribution in [0.5, 0.6) is 0 Å². The van der Waals surface area contributed by atoms with Gasteiger partial charge in [-0.25, -0.2) is 0 Å². The normalized spacial score (nSPS) is 9.50. The van der Waals surface area contributed by atoms with Gasteiger partial charge in [-0.1, -0.05) is 18.2 Å². The van der Waals surface area contributed by atoms with Crippen molar-refractivity contribution < 1.29 is 10.4 Å². The minimum atomic E-state index is 0.120. The molecule has 0 heterocycles. The molecule has 0 aliphatic heterocycles. The fourth-order valence-corrected chi connectivity index (χ4v) is 0.788. The minimum absolute atomic E-state index is 0.120. The van der Waals surface area contributed by atoms with Crippen LogP contribution in [0.15, 0.2) is 24.3 Å². The first-order chi connectivity index (χ1) is 4.72. The van der Waals surface area contributed by atoms with Gasteiger partial charge in [0.1, 0.15) is 0 Å². The van der Waals surface area contributed by atoms with Crippen molar-refractivity contribution in [3.05, 3.63) is 29.8 Å². The zero-order valence-corrected chi connectivity index (χ0v) is 5.65. The Morgan fingerprint density at radius 3 is 2.20 bits per heavy atom. The largest absolute Gasteiger partial charge is 0.264 e. The number of aryl methyl sites for hydroxylation is 1. The Kier molecular flexibility index (Phi) is 1.89. The second-order valence-corrected chi connectivity index (χ2v) is 2.08. The summed E-state index contributed by atoms with van der Waals surface area (Å²) in [5.74, 6) is 0. The molecule has 0 fully saturated rings. The minimum Gasteiger partial charge on any atom is -0.264 e. The summed E-state index contributed by atoms with van der Waals surface area (Å²) in [6.07, 6.45) is 0. The van der Waals surface area contributed by atoms with Crippen molar-refractivity contribution in [2.75, 3.05) is 5.23 Å². The van der Waals surface area contributed by atoms with E-state index in [1.54, 1.807) is 25.1 Å². The average molecular weight is 139 g/mol. The molecule has 3 heteroatoms. The fourth-order valence-electron chi connectivity index (χ4n) is 0.788. The maximum absolute atomic E-state index is 8.59. The van der Waals surface area contributed by atoms with Gasteiger partial charge in [0.25, 0.3) is 0 Å². The second-order valence-electron chi connectivity index (χ2n) is 2.08. The van der Waals surface area contributed by atoms with Crippen LogP contribution in [0.1, 0.15) is 5.56 Å². The number of anilines is 1. The van der Waals surface area contributed by atoms with Gasteiger partial charge in [0.05, 0.1) is 5.69 Å².